The van der Waals surface area contributed by atoms with Gasteiger partial charge in [-0.3, -0.25) is 19.6 Å². The van der Waals surface area contributed by atoms with Gasteiger partial charge in [0.1, 0.15) is 11.0 Å². The van der Waals surface area contributed by atoms with Crippen LogP contribution in [-0.2, 0) is 17.8 Å². The number of ether oxygens (including phenoxy) is 1. The van der Waals surface area contributed by atoms with Crippen LogP contribution in [0.1, 0.15) is 5.56 Å². The van der Waals surface area contributed by atoms with Crippen LogP contribution in [0.3, 0.4) is 0 Å². The van der Waals surface area contributed by atoms with Gasteiger partial charge in [0.05, 0.1) is 36.8 Å². The number of fused-ring (bicyclic) bond motifs is 1. The average Bonchev–Trinajstić information content (AvgIpc) is 2.68. The van der Waals surface area contributed by atoms with E-state index < -0.39 is 16.3 Å². The summed E-state index contributed by atoms with van der Waals surface area (Å²) in [4.78, 5) is 23.0. The maximum absolute atomic E-state index is 14.3. The van der Waals surface area contributed by atoms with Crippen LogP contribution in [-0.4, -0.2) is 27.5 Å². The fourth-order valence-electron chi connectivity index (χ4n) is 2.68. The van der Waals surface area contributed by atoms with Crippen LogP contribution < -0.4 is 5.56 Å². The van der Waals surface area contributed by atoms with E-state index in [0.29, 0.717) is 19.8 Å². The molecule has 9 heteroatoms. The van der Waals surface area contributed by atoms with Crippen LogP contribution >= 0.6 is 11.6 Å². The summed E-state index contributed by atoms with van der Waals surface area (Å²) in [7, 11) is 0. The largest absolute Gasteiger partial charge is 0.378 e. The van der Waals surface area contributed by atoms with Crippen LogP contribution in [0.5, 0.6) is 0 Å². The fraction of sp³-hybridized carbons (Fsp3) is 0.357. The van der Waals surface area contributed by atoms with Crippen LogP contribution in [0.25, 0.3) is 11.1 Å². The molecule has 0 aliphatic carbocycles. The van der Waals surface area contributed by atoms with Gasteiger partial charge in [-0.25, -0.2) is 9.07 Å². The zero-order valence-electron chi connectivity index (χ0n) is 12.2. The zero-order chi connectivity index (χ0) is 16.7. The Kier molecular flexibility index (Phi) is 3.95. The molecule has 0 bridgehead atoms. The van der Waals surface area contributed by atoms with Crippen molar-refractivity contribution in [2.75, 3.05) is 13.2 Å². The molecule has 122 valence electrons. The van der Waals surface area contributed by atoms with Crippen molar-refractivity contribution in [3.8, 4) is 11.1 Å². The lowest BCUT2D eigenvalue weighted by molar-refractivity contribution is -0.385. The third kappa shape index (κ3) is 2.53. The maximum Gasteiger partial charge on any atom is 0.276 e. The summed E-state index contributed by atoms with van der Waals surface area (Å²) in [6.07, 6.45) is 0. The summed E-state index contributed by atoms with van der Waals surface area (Å²) in [5.41, 5.74) is -0.786. The molecular formula is C14H13ClFN3O4. The molecule has 0 saturated heterocycles. The highest BCUT2D eigenvalue weighted by Crippen LogP contribution is 2.32. The van der Waals surface area contributed by atoms with Crippen molar-refractivity contribution in [2.24, 2.45) is 0 Å². The van der Waals surface area contributed by atoms with Crippen LogP contribution in [0.2, 0.25) is 5.15 Å². The Balaban J connectivity index is 2.26. The summed E-state index contributed by atoms with van der Waals surface area (Å²) in [6, 6.07) is 2.10. The molecule has 1 aromatic carbocycles. The smallest absolute Gasteiger partial charge is 0.276 e. The summed E-state index contributed by atoms with van der Waals surface area (Å²) in [5.74, 6) is -0.718. The number of nitro benzene ring substituents is 1. The topological polar surface area (TPSA) is 79.3 Å². The molecule has 1 aliphatic rings. The Hall–Kier alpha value is -2.19. The summed E-state index contributed by atoms with van der Waals surface area (Å²) in [5, 5.41) is 11.1. The predicted octanol–water partition coefficient (Wildman–Crippen LogP) is 2.36. The first-order chi connectivity index (χ1) is 10.9. The molecule has 0 saturated carbocycles. The van der Waals surface area contributed by atoms with Gasteiger partial charge < -0.3 is 4.74 Å². The molecule has 3 rings (SSSR count). The van der Waals surface area contributed by atoms with Crippen molar-refractivity contribution in [3.05, 3.63) is 49.1 Å². The van der Waals surface area contributed by atoms with E-state index in [9.17, 15) is 19.3 Å². The third-order valence-corrected chi connectivity index (χ3v) is 4.20. The van der Waals surface area contributed by atoms with Crippen LogP contribution in [0, 0.1) is 22.9 Å². The van der Waals surface area contributed by atoms with Crippen molar-refractivity contribution in [3.63, 3.8) is 0 Å². The highest BCUT2D eigenvalue weighted by atomic mass is 35.5. The molecule has 0 N–H and O–H groups in total. The van der Waals surface area contributed by atoms with Crippen molar-refractivity contribution in [1.29, 1.82) is 0 Å². The van der Waals surface area contributed by atoms with Crippen molar-refractivity contribution < 1.29 is 14.1 Å². The third-order valence-electron chi connectivity index (χ3n) is 3.82. The van der Waals surface area contributed by atoms with E-state index in [4.69, 9.17) is 16.3 Å². The summed E-state index contributed by atoms with van der Waals surface area (Å²) in [6.45, 7) is 2.80. The zero-order valence-corrected chi connectivity index (χ0v) is 13.0. The number of hydrogen-bond acceptors (Lipinski definition) is 4. The summed E-state index contributed by atoms with van der Waals surface area (Å²) >= 11 is 6.25. The second-order valence-electron chi connectivity index (χ2n) is 5.21. The van der Waals surface area contributed by atoms with E-state index in [2.05, 4.69) is 0 Å². The number of rotatable bonds is 2. The maximum atomic E-state index is 14.3. The van der Waals surface area contributed by atoms with Crippen molar-refractivity contribution in [1.82, 2.24) is 9.36 Å². The predicted molar refractivity (Wildman–Crippen MR) is 81.3 cm³/mol. The molecule has 0 spiro atoms. The number of aromatic nitrogens is 2. The first-order valence-electron chi connectivity index (χ1n) is 6.93. The van der Waals surface area contributed by atoms with Crippen LogP contribution in [0.15, 0.2) is 16.9 Å². The average molecular weight is 342 g/mol. The molecule has 0 unspecified atom stereocenters. The van der Waals surface area contributed by atoms with Gasteiger partial charge in [0.25, 0.3) is 11.2 Å². The monoisotopic (exact) mass is 341 g/mol. The van der Waals surface area contributed by atoms with Gasteiger partial charge in [0, 0.05) is 17.2 Å². The number of aryl methyl sites for hydroxylation is 1. The van der Waals surface area contributed by atoms with Crippen molar-refractivity contribution in [2.45, 2.75) is 20.0 Å². The molecule has 2 heterocycles. The molecule has 7 nitrogen and oxygen atoms in total. The molecule has 0 atom stereocenters. The molecule has 2 aromatic rings. The molecule has 1 aromatic heterocycles. The molecule has 0 amide bonds. The molecule has 0 radical (unpaired) electrons. The number of halogens is 2. The normalized spacial score (nSPS) is 14.4. The van der Waals surface area contributed by atoms with Gasteiger partial charge >= 0.3 is 0 Å². The lowest BCUT2D eigenvalue weighted by atomic mass is 10.0. The lowest BCUT2D eigenvalue weighted by Gasteiger charge is -2.06. The van der Waals surface area contributed by atoms with E-state index in [-0.39, 0.29) is 34.1 Å². The molecule has 23 heavy (non-hydrogen) atoms. The Labute approximate surface area is 135 Å². The van der Waals surface area contributed by atoms with Gasteiger partial charge in [-0.1, -0.05) is 11.6 Å². The minimum atomic E-state index is -0.718. The second kappa shape index (κ2) is 5.78. The number of benzene rings is 1. The standard InChI is InChI=1S/C14H13ClFN3O4/c1-8-6-10(16)9(7-11(8)19(21)22)12-13(15)17-2-4-23-5-3-18(17)14(12)20/h6-7H,2-5H2,1H3. The minimum Gasteiger partial charge on any atom is -0.378 e. The van der Waals surface area contributed by atoms with E-state index >= 15 is 0 Å². The Morgan fingerprint density at radius 3 is 2.61 bits per heavy atom. The highest BCUT2D eigenvalue weighted by Gasteiger charge is 2.26. The van der Waals surface area contributed by atoms with Gasteiger partial charge in [0.15, 0.2) is 0 Å². The Morgan fingerprint density at radius 2 is 1.96 bits per heavy atom. The molecule has 0 fully saturated rings. The number of nitro groups is 1. The van der Waals surface area contributed by atoms with Gasteiger partial charge in [0.2, 0.25) is 0 Å². The van der Waals surface area contributed by atoms with Gasteiger partial charge in [-0.05, 0) is 13.0 Å². The summed E-state index contributed by atoms with van der Waals surface area (Å²) < 4.78 is 22.5. The van der Waals surface area contributed by atoms with Gasteiger partial charge in [-0.2, -0.15) is 0 Å². The second-order valence-corrected chi connectivity index (χ2v) is 5.56. The first-order valence-corrected chi connectivity index (χ1v) is 7.31. The molecule has 1 aliphatic heterocycles. The lowest BCUT2D eigenvalue weighted by Crippen LogP contribution is -2.23. The molecular weight excluding hydrogens is 329 g/mol. The Bertz CT molecular complexity index is 859. The van der Waals surface area contributed by atoms with E-state index in [1.54, 1.807) is 0 Å². The SMILES string of the molecule is Cc1cc(F)c(-c2c(Cl)n3n(c2=O)CCOCC3)cc1[N+](=O)[O-]. The van der Waals surface area contributed by atoms with Gasteiger partial charge in [-0.15, -0.1) is 0 Å². The fourth-order valence-corrected chi connectivity index (χ4v) is 3.04. The Morgan fingerprint density at radius 1 is 1.30 bits per heavy atom. The minimum absolute atomic E-state index is 0.0533. The van der Waals surface area contributed by atoms with E-state index in [0.717, 1.165) is 12.1 Å². The number of hydrogen-bond donors (Lipinski definition) is 0. The highest BCUT2D eigenvalue weighted by molar-refractivity contribution is 6.32. The van der Waals surface area contributed by atoms with E-state index in [1.807, 2.05) is 0 Å². The first kappa shape index (κ1) is 15.7. The quantitative estimate of drug-likeness (QED) is 0.620. The van der Waals surface area contributed by atoms with Crippen molar-refractivity contribution >= 4 is 17.3 Å². The number of nitrogens with zero attached hydrogens (tertiary/aromatic N) is 3. The van der Waals surface area contributed by atoms with Crippen LogP contribution in [0.4, 0.5) is 10.1 Å². The van der Waals surface area contributed by atoms with E-state index in [1.165, 1.54) is 16.3 Å².